The van der Waals surface area contributed by atoms with Gasteiger partial charge in [0.15, 0.2) is 0 Å². The van der Waals surface area contributed by atoms with Gasteiger partial charge in [-0.1, -0.05) is 59.8 Å². The Labute approximate surface area is 181 Å². The number of carbonyl (C=O) groups excluding carboxylic acids is 2. The zero-order valence-corrected chi connectivity index (χ0v) is 17.7. The Bertz CT molecular complexity index is 1190. The molecule has 2 aromatic carbocycles. The molecule has 4 rings (SSSR count). The van der Waals surface area contributed by atoms with E-state index in [1.807, 2.05) is 49.4 Å². The molecule has 2 amide bonds. The van der Waals surface area contributed by atoms with Gasteiger partial charge in [-0.15, -0.1) is 11.3 Å². The van der Waals surface area contributed by atoms with Crippen LogP contribution < -0.4 is 10.9 Å². The molecule has 0 fully saturated rings. The van der Waals surface area contributed by atoms with Crippen LogP contribution in [0.2, 0.25) is 0 Å². The first kappa shape index (κ1) is 20.1. The van der Waals surface area contributed by atoms with Crippen molar-refractivity contribution in [1.29, 1.82) is 0 Å². The summed E-state index contributed by atoms with van der Waals surface area (Å²) < 4.78 is 0. The van der Waals surface area contributed by atoms with Crippen LogP contribution in [0, 0.1) is 6.92 Å². The molecule has 30 heavy (non-hydrogen) atoms. The highest BCUT2D eigenvalue weighted by molar-refractivity contribution is 8.00. The van der Waals surface area contributed by atoms with Crippen LogP contribution >= 0.6 is 23.1 Å². The lowest BCUT2D eigenvalue weighted by atomic mass is 10.1. The van der Waals surface area contributed by atoms with E-state index < -0.39 is 0 Å². The van der Waals surface area contributed by atoms with E-state index in [0.717, 1.165) is 31.9 Å². The van der Waals surface area contributed by atoms with Crippen molar-refractivity contribution in [2.45, 2.75) is 11.9 Å². The Morgan fingerprint density at radius 1 is 1.00 bits per heavy atom. The number of amides is 2. The van der Waals surface area contributed by atoms with Gasteiger partial charge in [-0.05, 0) is 24.6 Å². The van der Waals surface area contributed by atoms with E-state index in [4.69, 9.17) is 0 Å². The van der Waals surface area contributed by atoms with Crippen molar-refractivity contribution in [2.75, 3.05) is 5.75 Å². The van der Waals surface area contributed by atoms with E-state index >= 15 is 0 Å². The predicted molar refractivity (Wildman–Crippen MR) is 120 cm³/mol. The number of rotatable bonds is 5. The van der Waals surface area contributed by atoms with Gasteiger partial charge in [-0.3, -0.25) is 20.4 Å². The van der Waals surface area contributed by atoms with Gasteiger partial charge >= 0.3 is 0 Å². The first-order valence-corrected chi connectivity index (χ1v) is 11.0. The molecular formula is C22H18N4O2S2. The van der Waals surface area contributed by atoms with Crippen LogP contribution in [-0.4, -0.2) is 27.5 Å². The molecular weight excluding hydrogens is 416 g/mol. The summed E-state index contributed by atoms with van der Waals surface area (Å²) in [5, 5.41) is 3.73. The zero-order valence-electron chi connectivity index (χ0n) is 16.1. The number of carbonyl (C=O) groups is 2. The lowest BCUT2D eigenvalue weighted by molar-refractivity contribution is -0.119. The second kappa shape index (κ2) is 9.06. The standard InChI is InChI=1S/C22H18N4O2S2/c1-14-7-9-16(10-8-14)20(28)26-25-18(27)12-30-22-19-17(15-5-3-2-4-6-15)11-29-21(19)23-13-24-22/h2-11,13H,12H2,1H3,(H,25,27)(H,26,28). The maximum Gasteiger partial charge on any atom is 0.269 e. The molecule has 150 valence electrons. The summed E-state index contributed by atoms with van der Waals surface area (Å²) in [5.41, 5.74) is 8.57. The monoisotopic (exact) mass is 434 g/mol. The maximum absolute atomic E-state index is 12.2. The van der Waals surface area contributed by atoms with Gasteiger partial charge in [0.1, 0.15) is 16.2 Å². The molecule has 0 radical (unpaired) electrons. The Hall–Kier alpha value is -3.23. The number of hydrogen-bond donors (Lipinski definition) is 2. The minimum atomic E-state index is -0.359. The molecule has 0 spiro atoms. The van der Waals surface area contributed by atoms with Gasteiger partial charge in [-0.2, -0.15) is 0 Å². The largest absolute Gasteiger partial charge is 0.272 e. The quantitative estimate of drug-likeness (QED) is 0.279. The van der Waals surface area contributed by atoms with Crippen molar-refractivity contribution in [3.63, 3.8) is 0 Å². The normalized spacial score (nSPS) is 10.7. The summed E-state index contributed by atoms with van der Waals surface area (Å²) >= 11 is 2.86. The number of hydrazine groups is 1. The second-order valence-electron chi connectivity index (χ2n) is 6.53. The van der Waals surface area contributed by atoms with Crippen molar-refractivity contribution in [3.8, 4) is 11.1 Å². The SMILES string of the molecule is Cc1ccc(C(=O)NNC(=O)CSc2ncnc3scc(-c4ccccc4)c23)cc1. The number of fused-ring (bicyclic) bond motifs is 1. The Morgan fingerprint density at radius 3 is 2.53 bits per heavy atom. The minimum absolute atomic E-state index is 0.115. The van der Waals surface area contributed by atoms with Crippen LogP contribution in [0.3, 0.4) is 0 Å². The van der Waals surface area contributed by atoms with Crippen molar-refractivity contribution in [2.24, 2.45) is 0 Å². The number of hydrogen-bond acceptors (Lipinski definition) is 6. The number of nitrogens with zero attached hydrogens (tertiary/aromatic N) is 2. The number of nitrogens with one attached hydrogen (secondary N) is 2. The fraction of sp³-hybridized carbons (Fsp3) is 0.0909. The lowest BCUT2D eigenvalue weighted by Crippen LogP contribution is -2.42. The fourth-order valence-corrected chi connectivity index (χ4v) is 4.65. The van der Waals surface area contributed by atoms with E-state index in [9.17, 15) is 9.59 Å². The van der Waals surface area contributed by atoms with Crippen LogP contribution in [0.1, 0.15) is 15.9 Å². The number of aryl methyl sites for hydroxylation is 1. The molecule has 0 aliphatic rings. The zero-order chi connectivity index (χ0) is 20.9. The van der Waals surface area contributed by atoms with Crippen molar-refractivity contribution >= 4 is 45.1 Å². The molecule has 2 N–H and O–H groups in total. The van der Waals surface area contributed by atoms with Crippen molar-refractivity contribution in [3.05, 3.63) is 77.4 Å². The van der Waals surface area contributed by atoms with Gasteiger partial charge in [0.05, 0.1) is 11.1 Å². The highest BCUT2D eigenvalue weighted by Crippen LogP contribution is 2.37. The molecule has 0 saturated heterocycles. The molecule has 4 aromatic rings. The van der Waals surface area contributed by atoms with Crippen LogP contribution in [0.4, 0.5) is 0 Å². The highest BCUT2D eigenvalue weighted by Gasteiger charge is 2.15. The van der Waals surface area contributed by atoms with Gasteiger partial charge in [-0.25, -0.2) is 9.97 Å². The Kier molecular flexibility index (Phi) is 6.06. The van der Waals surface area contributed by atoms with E-state index in [-0.39, 0.29) is 17.6 Å². The van der Waals surface area contributed by atoms with Crippen LogP contribution in [-0.2, 0) is 4.79 Å². The lowest BCUT2D eigenvalue weighted by Gasteiger charge is -2.08. The Balaban J connectivity index is 1.42. The van der Waals surface area contributed by atoms with Gasteiger partial charge in [0, 0.05) is 16.5 Å². The van der Waals surface area contributed by atoms with E-state index in [1.54, 1.807) is 23.5 Å². The molecule has 0 aliphatic heterocycles. The van der Waals surface area contributed by atoms with E-state index in [1.165, 1.54) is 18.1 Å². The average Bonchev–Trinajstić information content (AvgIpc) is 3.22. The number of aromatic nitrogens is 2. The fourth-order valence-electron chi connectivity index (χ4n) is 2.86. The summed E-state index contributed by atoms with van der Waals surface area (Å²) in [7, 11) is 0. The van der Waals surface area contributed by atoms with E-state index in [0.29, 0.717) is 5.56 Å². The molecule has 0 saturated carbocycles. The van der Waals surface area contributed by atoms with Crippen molar-refractivity contribution < 1.29 is 9.59 Å². The minimum Gasteiger partial charge on any atom is -0.272 e. The topological polar surface area (TPSA) is 84.0 Å². The van der Waals surface area contributed by atoms with Crippen LogP contribution in [0.5, 0.6) is 0 Å². The number of thioether (sulfide) groups is 1. The molecule has 0 atom stereocenters. The summed E-state index contributed by atoms with van der Waals surface area (Å²) in [4.78, 5) is 34.0. The molecule has 0 aliphatic carbocycles. The maximum atomic E-state index is 12.2. The van der Waals surface area contributed by atoms with Crippen LogP contribution in [0.15, 0.2) is 71.3 Å². The Morgan fingerprint density at radius 2 is 1.77 bits per heavy atom. The first-order valence-electron chi connectivity index (χ1n) is 9.18. The summed E-state index contributed by atoms with van der Waals surface area (Å²) in [6.45, 7) is 1.95. The second-order valence-corrected chi connectivity index (χ2v) is 8.35. The third-order valence-electron chi connectivity index (χ3n) is 4.39. The molecule has 0 bridgehead atoms. The van der Waals surface area contributed by atoms with Gasteiger partial charge in [0.2, 0.25) is 5.91 Å². The highest BCUT2D eigenvalue weighted by atomic mass is 32.2. The summed E-state index contributed by atoms with van der Waals surface area (Å²) in [5.74, 6) is -0.560. The summed E-state index contributed by atoms with van der Waals surface area (Å²) in [6.07, 6.45) is 1.51. The number of benzene rings is 2. The first-order chi connectivity index (χ1) is 14.6. The third kappa shape index (κ3) is 4.50. The number of thiophene rings is 1. The smallest absolute Gasteiger partial charge is 0.269 e. The predicted octanol–water partition coefficient (Wildman–Crippen LogP) is 4.22. The average molecular weight is 435 g/mol. The van der Waals surface area contributed by atoms with Crippen molar-refractivity contribution in [1.82, 2.24) is 20.8 Å². The third-order valence-corrected chi connectivity index (χ3v) is 6.27. The molecule has 2 heterocycles. The molecule has 0 unspecified atom stereocenters. The van der Waals surface area contributed by atoms with Gasteiger partial charge < -0.3 is 0 Å². The molecule has 8 heteroatoms. The molecule has 2 aromatic heterocycles. The summed E-state index contributed by atoms with van der Waals surface area (Å²) in [6, 6.07) is 17.1. The van der Waals surface area contributed by atoms with E-state index in [2.05, 4.69) is 26.2 Å². The van der Waals surface area contributed by atoms with Crippen LogP contribution in [0.25, 0.3) is 21.3 Å². The van der Waals surface area contributed by atoms with Gasteiger partial charge in [0.25, 0.3) is 5.91 Å². The molecule has 6 nitrogen and oxygen atoms in total.